The van der Waals surface area contributed by atoms with Crippen LogP contribution in [0.4, 0.5) is 13.2 Å². The van der Waals surface area contributed by atoms with Gasteiger partial charge in [-0.25, -0.2) is 4.79 Å². The number of halogens is 5. The molecule has 0 saturated carbocycles. The van der Waals surface area contributed by atoms with Gasteiger partial charge < -0.3 is 10.4 Å². The van der Waals surface area contributed by atoms with Crippen molar-refractivity contribution in [2.75, 3.05) is 0 Å². The maximum absolute atomic E-state index is 12.7. The van der Waals surface area contributed by atoms with Gasteiger partial charge in [0.1, 0.15) is 6.04 Å². The minimum atomic E-state index is -4.53. The molecule has 4 nitrogen and oxygen atoms in total. The van der Waals surface area contributed by atoms with Gasteiger partial charge in [-0.3, -0.25) is 4.79 Å². The molecule has 2 aromatic carbocycles. The van der Waals surface area contributed by atoms with Gasteiger partial charge in [0.05, 0.1) is 12.0 Å². The van der Waals surface area contributed by atoms with E-state index in [2.05, 4.69) is 5.32 Å². The van der Waals surface area contributed by atoms with Crippen molar-refractivity contribution in [2.45, 2.75) is 25.1 Å². The maximum atomic E-state index is 12.7. The first-order valence-corrected chi connectivity index (χ1v) is 8.44. The summed E-state index contributed by atoms with van der Waals surface area (Å²) in [6, 6.07) is 7.53. The van der Waals surface area contributed by atoms with Gasteiger partial charge in [-0.05, 0) is 29.3 Å². The molecule has 1 amide bonds. The van der Waals surface area contributed by atoms with Crippen molar-refractivity contribution < 1.29 is 27.9 Å². The zero-order valence-electron chi connectivity index (χ0n) is 13.7. The molecule has 27 heavy (non-hydrogen) atoms. The van der Waals surface area contributed by atoms with Crippen LogP contribution in [0.3, 0.4) is 0 Å². The lowest BCUT2D eigenvalue weighted by Crippen LogP contribution is -2.43. The third-order valence-corrected chi connectivity index (χ3v) is 4.28. The third kappa shape index (κ3) is 6.15. The number of hydrogen-bond donors (Lipinski definition) is 2. The standard InChI is InChI=1S/C18H14Cl2F3NO3/c19-13-5-4-11(14(20)9-13)8-15(17(26)27)24-16(25)7-10-2-1-3-12(6-10)18(21,22)23/h1-6,9,15H,7-8H2,(H,24,25)(H,26,27)/t15-/m0/s1. The summed E-state index contributed by atoms with van der Waals surface area (Å²) in [5.41, 5.74) is -0.292. The Labute approximate surface area is 162 Å². The van der Waals surface area contributed by atoms with Crippen LogP contribution in [0.5, 0.6) is 0 Å². The fourth-order valence-corrected chi connectivity index (χ4v) is 2.88. The molecule has 0 unspecified atom stereocenters. The number of carbonyl (C=O) groups excluding carboxylic acids is 1. The molecule has 0 bridgehead atoms. The van der Waals surface area contributed by atoms with Crippen molar-refractivity contribution in [1.29, 1.82) is 0 Å². The van der Waals surface area contributed by atoms with Gasteiger partial charge in [-0.2, -0.15) is 13.2 Å². The third-order valence-electron chi connectivity index (χ3n) is 3.69. The van der Waals surface area contributed by atoms with E-state index >= 15 is 0 Å². The number of carbonyl (C=O) groups is 2. The molecule has 0 aliphatic rings. The number of carboxylic acid groups (broad SMARTS) is 1. The molecule has 0 radical (unpaired) electrons. The number of amides is 1. The van der Waals surface area contributed by atoms with E-state index in [9.17, 15) is 27.9 Å². The van der Waals surface area contributed by atoms with E-state index in [1.165, 1.54) is 24.3 Å². The van der Waals surface area contributed by atoms with E-state index in [0.717, 1.165) is 12.1 Å². The molecule has 144 valence electrons. The summed E-state index contributed by atoms with van der Waals surface area (Å²) in [6.45, 7) is 0. The van der Waals surface area contributed by atoms with Crippen LogP contribution in [0.1, 0.15) is 16.7 Å². The fraction of sp³-hybridized carbons (Fsp3) is 0.222. The van der Waals surface area contributed by atoms with E-state index in [-0.39, 0.29) is 23.4 Å². The molecule has 1 atom stereocenters. The highest BCUT2D eigenvalue weighted by atomic mass is 35.5. The van der Waals surface area contributed by atoms with Crippen molar-refractivity contribution >= 4 is 35.1 Å². The lowest BCUT2D eigenvalue weighted by Gasteiger charge is -2.16. The summed E-state index contributed by atoms with van der Waals surface area (Å²) >= 11 is 11.8. The van der Waals surface area contributed by atoms with E-state index < -0.39 is 29.7 Å². The predicted molar refractivity (Wildman–Crippen MR) is 94.9 cm³/mol. The van der Waals surface area contributed by atoms with E-state index in [1.54, 1.807) is 6.07 Å². The minimum absolute atomic E-state index is 0.0976. The number of carboxylic acids is 1. The Morgan fingerprint density at radius 1 is 1.11 bits per heavy atom. The second kappa shape index (κ2) is 8.63. The number of alkyl halides is 3. The molecule has 0 aliphatic carbocycles. The van der Waals surface area contributed by atoms with Gasteiger partial charge in [0.2, 0.25) is 5.91 Å². The molecule has 0 aliphatic heterocycles. The second-order valence-electron chi connectivity index (χ2n) is 5.77. The number of nitrogens with one attached hydrogen (secondary N) is 1. The summed E-state index contributed by atoms with van der Waals surface area (Å²) in [5, 5.41) is 12.2. The highest BCUT2D eigenvalue weighted by molar-refractivity contribution is 6.35. The van der Waals surface area contributed by atoms with Crippen LogP contribution in [0.2, 0.25) is 10.0 Å². The van der Waals surface area contributed by atoms with Crippen molar-refractivity contribution in [3.63, 3.8) is 0 Å². The van der Waals surface area contributed by atoms with E-state index in [4.69, 9.17) is 23.2 Å². The Hall–Kier alpha value is -2.25. The van der Waals surface area contributed by atoms with Crippen molar-refractivity contribution in [3.8, 4) is 0 Å². The first kappa shape index (κ1) is 21.1. The molecule has 0 heterocycles. The molecule has 2 rings (SSSR count). The van der Waals surface area contributed by atoms with Crippen LogP contribution in [-0.2, 0) is 28.6 Å². The molecule has 9 heteroatoms. The zero-order chi connectivity index (χ0) is 20.2. The predicted octanol–water partition coefficient (Wildman–Crippen LogP) is 4.37. The molecular weight excluding hydrogens is 406 g/mol. The number of aliphatic carboxylic acids is 1. The van der Waals surface area contributed by atoms with Gasteiger partial charge in [0.15, 0.2) is 0 Å². The number of rotatable bonds is 6. The molecular formula is C18H14Cl2F3NO3. The normalized spacial score (nSPS) is 12.5. The largest absolute Gasteiger partial charge is 0.480 e. The van der Waals surface area contributed by atoms with Crippen LogP contribution in [0.15, 0.2) is 42.5 Å². The Morgan fingerprint density at radius 3 is 2.41 bits per heavy atom. The summed E-state index contributed by atoms with van der Waals surface area (Å²) in [7, 11) is 0. The van der Waals surface area contributed by atoms with Crippen LogP contribution >= 0.6 is 23.2 Å². The molecule has 0 saturated heterocycles. The Bertz CT molecular complexity index is 856. The molecule has 2 aromatic rings. The zero-order valence-corrected chi connectivity index (χ0v) is 15.2. The Balaban J connectivity index is 2.08. The average Bonchev–Trinajstić information content (AvgIpc) is 2.55. The van der Waals surface area contributed by atoms with Crippen molar-refractivity contribution in [1.82, 2.24) is 5.32 Å². The van der Waals surface area contributed by atoms with Crippen molar-refractivity contribution in [3.05, 3.63) is 69.2 Å². The smallest absolute Gasteiger partial charge is 0.416 e. The Kier molecular flexibility index (Phi) is 6.73. The number of benzene rings is 2. The first-order valence-electron chi connectivity index (χ1n) is 7.68. The summed E-state index contributed by atoms with van der Waals surface area (Å²) in [5.74, 6) is -2.01. The van der Waals surface area contributed by atoms with Crippen LogP contribution in [0, 0.1) is 0 Å². The summed E-state index contributed by atoms with van der Waals surface area (Å²) < 4.78 is 38.2. The first-order chi connectivity index (χ1) is 12.6. The fourth-order valence-electron chi connectivity index (χ4n) is 2.40. The monoisotopic (exact) mass is 419 g/mol. The summed E-state index contributed by atoms with van der Waals surface area (Å²) in [6.07, 6.45) is -5.01. The molecule has 0 spiro atoms. The SMILES string of the molecule is O=C(Cc1cccc(C(F)(F)F)c1)N[C@@H](Cc1ccc(Cl)cc1Cl)C(=O)O. The van der Waals surface area contributed by atoms with Gasteiger partial charge >= 0.3 is 12.1 Å². The second-order valence-corrected chi connectivity index (χ2v) is 6.62. The lowest BCUT2D eigenvalue weighted by molar-refractivity contribution is -0.141. The molecule has 2 N–H and O–H groups in total. The average molecular weight is 420 g/mol. The van der Waals surface area contributed by atoms with Gasteiger partial charge in [0, 0.05) is 16.5 Å². The van der Waals surface area contributed by atoms with Crippen molar-refractivity contribution in [2.24, 2.45) is 0 Å². The van der Waals surface area contributed by atoms with Gasteiger partial charge in [-0.1, -0.05) is 47.5 Å². The molecule has 0 aromatic heterocycles. The quantitative estimate of drug-likeness (QED) is 0.730. The van der Waals surface area contributed by atoms with Gasteiger partial charge in [-0.15, -0.1) is 0 Å². The lowest BCUT2D eigenvalue weighted by atomic mass is 10.0. The van der Waals surface area contributed by atoms with Crippen LogP contribution in [0.25, 0.3) is 0 Å². The number of hydrogen-bond acceptors (Lipinski definition) is 2. The highest BCUT2D eigenvalue weighted by Crippen LogP contribution is 2.29. The Morgan fingerprint density at radius 2 is 1.81 bits per heavy atom. The van der Waals surface area contributed by atoms with E-state index in [0.29, 0.717) is 10.6 Å². The maximum Gasteiger partial charge on any atom is 0.416 e. The van der Waals surface area contributed by atoms with Gasteiger partial charge in [0.25, 0.3) is 0 Å². The van der Waals surface area contributed by atoms with Crippen LogP contribution in [-0.4, -0.2) is 23.0 Å². The van der Waals surface area contributed by atoms with E-state index in [1.807, 2.05) is 0 Å². The summed E-state index contributed by atoms with van der Waals surface area (Å²) in [4.78, 5) is 23.5. The topological polar surface area (TPSA) is 66.4 Å². The van der Waals surface area contributed by atoms with Crippen LogP contribution < -0.4 is 5.32 Å². The highest BCUT2D eigenvalue weighted by Gasteiger charge is 2.30. The minimum Gasteiger partial charge on any atom is -0.480 e. The molecule has 0 fully saturated rings.